The number of ether oxygens (including phenoxy) is 2. The standard InChI is InChI=1S/C14H19NO2/c1-16-10-4-11-17-12-9-15-8-7-13-5-2-3-6-14(13)15/h2-3,5-8H,4,9-12H2,1H3. The fraction of sp³-hybridized carbons (Fsp3) is 0.429. The molecule has 1 aromatic carbocycles. The third-order valence-corrected chi connectivity index (χ3v) is 2.79. The van der Waals surface area contributed by atoms with Crippen LogP contribution in [-0.4, -0.2) is 31.5 Å². The molecule has 0 radical (unpaired) electrons. The molecule has 0 fully saturated rings. The number of hydrogen-bond donors (Lipinski definition) is 0. The maximum atomic E-state index is 5.56. The van der Waals surface area contributed by atoms with Gasteiger partial charge in [0.15, 0.2) is 0 Å². The molecular weight excluding hydrogens is 214 g/mol. The highest BCUT2D eigenvalue weighted by molar-refractivity contribution is 5.79. The predicted octanol–water partition coefficient (Wildman–Crippen LogP) is 2.69. The van der Waals surface area contributed by atoms with E-state index in [9.17, 15) is 0 Å². The van der Waals surface area contributed by atoms with E-state index in [4.69, 9.17) is 9.47 Å². The highest BCUT2D eigenvalue weighted by Crippen LogP contribution is 2.14. The Morgan fingerprint density at radius 2 is 1.94 bits per heavy atom. The number of hydrogen-bond acceptors (Lipinski definition) is 2. The molecule has 2 rings (SSSR count). The Balaban J connectivity index is 1.79. The molecule has 0 amide bonds. The molecule has 0 bridgehead atoms. The van der Waals surface area contributed by atoms with Gasteiger partial charge >= 0.3 is 0 Å². The molecule has 0 saturated heterocycles. The summed E-state index contributed by atoms with van der Waals surface area (Å²) in [5, 5.41) is 1.28. The van der Waals surface area contributed by atoms with Gasteiger partial charge < -0.3 is 14.0 Å². The molecule has 1 aromatic heterocycles. The van der Waals surface area contributed by atoms with Crippen LogP contribution in [0.5, 0.6) is 0 Å². The fourth-order valence-electron chi connectivity index (χ4n) is 1.91. The van der Waals surface area contributed by atoms with Crippen molar-refractivity contribution in [2.45, 2.75) is 13.0 Å². The number of rotatable bonds is 7. The zero-order chi connectivity index (χ0) is 11.9. The highest BCUT2D eigenvalue weighted by Gasteiger charge is 1.99. The Bertz CT molecular complexity index is 450. The summed E-state index contributed by atoms with van der Waals surface area (Å²) in [6.45, 7) is 3.20. The fourth-order valence-corrected chi connectivity index (χ4v) is 1.91. The number of aromatic nitrogens is 1. The quantitative estimate of drug-likeness (QED) is 0.686. The first-order valence-electron chi connectivity index (χ1n) is 6.02. The lowest BCUT2D eigenvalue weighted by Crippen LogP contribution is -2.06. The highest BCUT2D eigenvalue weighted by atomic mass is 16.5. The van der Waals surface area contributed by atoms with Crippen LogP contribution in [0.15, 0.2) is 36.5 Å². The van der Waals surface area contributed by atoms with Crippen LogP contribution in [0, 0.1) is 0 Å². The summed E-state index contributed by atoms with van der Waals surface area (Å²) in [7, 11) is 1.71. The normalized spacial score (nSPS) is 11.1. The zero-order valence-corrected chi connectivity index (χ0v) is 10.3. The number of benzene rings is 1. The SMILES string of the molecule is COCCCOCCn1ccc2ccccc21. The summed E-state index contributed by atoms with van der Waals surface area (Å²) < 4.78 is 12.8. The van der Waals surface area contributed by atoms with Gasteiger partial charge in [0.1, 0.15) is 0 Å². The van der Waals surface area contributed by atoms with Gasteiger partial charge in [-0.1, -0.05) is 18.2 Å². The van der Waals surface area contributed by atoms with Crippen LogP contribution >= 0.6 is 0 Å². The average Bonchev–Trinajstić information content (AvgIpc) is 2.77. The molecule has 0 aliphatic heterocycles. The Kier molecular flexibility index (Phi) is 4.59. The van der Waals surface area contributed by atoms with Crippen LogP contribution in [0.25, 0.3) is 10.9 Å². The summed E-state index contributed by atoms with van der Waals surface area (Å²) in [4.78, 5) is 0. The van der Waals surface area contributed by atoms with Crippen molar-refractivity contribution in [3.63, 3.8) is 0 Å². The minimum Gasteiger partial charge on any atom is -0.385 e. The van der Waals surface area contributed by atoms with E-state index in [-0.39, 0.29) is 0 Å². The topological polar surface area (TPSA) is 23.4 Å². The summed E-state index contributed by atoms with van der Waals surface area (Å²) >= 11 is 0. The van der Waals surface area contributed by atoms with Crippen molar-refractivity contribution in [2.24, 2.45) is 0 Å². The number of nitrogens with zero attached hydrogens (tertiary/aromatic N) is 1. The first-order chi connectivity index (χ1) is 8.42. The molecule has 2 aromatic rings. The molecule has 3 heteroatoms. The molecular formula is C14H19NO2. The molecule has 0 unspecified atom stereocenters. The van der Waals surface area contributed by atoms with Gasteiger partial charge in [-0.2, -0.15) is 0 Å². The molecule has 1 heterocycles. The van der Waals surface area contributed by atoms with Crippen LogP contribution in [0.3, 0.4) is 0 Å². The maximum Gasteiger partial charge on any atom is 0.0645 e. The second kappa shape index (κ2) is 6.42. The van der Waals surface area contributed by atoms with Crippen molar-refractivity contribution >= 4 is 10.9 Å². The second-order valence-electron chi connectivity index (χ2n) is 4.03. The number of methoxy groups -OCH3 is 1. The van der Waals surface area contributed by atoms with Gasteiger partial charge in [-0.3, -0.25) is 0 Å². The Morgan fingerprint density at radius 1 is 1.06 bits per heavy atom. The van der Waals surface area contributed by atoms with E-state index in [1.54, 1.807) is 7.11 Å². The molecule has 0 spiro atoms. The smallest absolute Gasteiger partial charge is 0.0645 e. The van der Waals surface area contributed by atoms with E-state index < -0.39 is 0 Å². The van der Waals surface area contributed by atoms with E-state index >= 15 is 0 Å². The van der Waals surface area contributed by atoms with Gasteiger partial charge in [-0.05, 0) is 23.9 Å². The minimum atomic E-state index is 0.752. The molecule has 0 saturated carbocycles. The van der Waals surface area contributed by atoms with Gasteiger partial charge in [-0.25, -0.2) is 0 Å². The van der Waals surface area contributed by atoms with E-state index in [1.165, 1.54) is 10.9 Å². The zero-order valence-electron chi connectivity index (χ0n) is 10.3. The Hall–Kier alpha value is -1.32. The van der Waals surface area contributed by atoms with Gasteiger partial charge in [0.25, 0.3) is 0 Å². The number of fused-ring (bicyclic) bond motifs is 1. The van der Waals surface area contributed by atoms with Crippen LogP contribution in [-0.2, 0) is 16.0 Å². The van der Waals surface area contributed by atoms with Gasteiger partial charge in [-0.15, -0.1) is 0 Å². The maximum absolute atomic E-state index is 5.56. The van der Waals surface area contributed by atoms with Crippen molar-refractivity contribution in [1.29, 1.82) is 0 Å². The van der Waals surface area contributed by atoms with Crippen molar-refractivity contribution in [2.75, 3.05) is 26.9 Å². The Labute approximate surface area is 102 Å². The second-order valence-corrected chi connectivity index (χ2v) is 4.03. The third kappa shape index (κ3) is 3.32. The van der Waals surface area contributed by atoms with Crippen LogP contribution in [0.1, 0.15) is 6.42 Å². The summed E-state index contributed by atoms with van der Waals surface area (Å²) in [5.41, 5.74) is 1.27. The Morgan fingerprint density at radius 3 is 2.82 bits per heavy atom. The average molecular weight is 233 g/mol. The molecule has 0 aliphatic carbocycles. The summed E-state index contributed by atoms with van der Waals surface area (Å²) in [5.74, 6) is 0. The van der Waals surface area contributed by atoms with E-state index in [0.717, 1.165) is 32.8 Å². The van der Waals surface area contributed by atoms with Crippen molar-refractivity contribution in [3.05, 3.63) is 36.5 Å². The third-order valence-electron chi connectivity index (χ3n) is 2.79. The first kappa shape index (κ1) is 12.1. The number of para-hydroxylation sites is 1. The van der Waals surface area contributed by atoms with E-state index in [0.29, 0.717) is 0 Å². The molecule has 0 N–H and O–H groups in total. The molecule has 17 heavy (non-hydrogen) atoms. The lowest BCUT2D eigenvalue weighted by molar-refractivity contribution is 0.0982. The monoisotopic (exact) mass is 233 g/mol. The van der Waals surface area contributed by atoms with Crippen molar-refractivity contribution < 1.29 is 9.47 Å². The van der Waals surface area contributed by atoms with Gasteiger partial charge in [0.05, 0.1) is 6.61 Å². The molecule has 0 aliphatic rings. The molecule has 92 valence electrons. The van der Waals surface area contributed by atoms with Crippen LogP contribution in [0.2, 0.25) is 0 Å². The van der Waals surface area contributed by atoms with E-state index in [1.807, 2.05) is 0 Å². The molecule has 3 nitrogen and oxygen atoms in total. The predicted molar refractivity (Wildman–Crippen MR) is 69.3 cm³/mol. The van der Waals surface area contributed by atoms with Crippen LogP contribution in [0.4, 0.5) is 0 Å². The van der Waals surface area contributed by atoms with E-state index in [2.05, 4.69) is 41.1 Å². The van der Waals surface area contributed by atoms with Gasteiger partial charge in [0, 0.05) is 38.6 Å². The minimum absolute atomic E-state index is 0.752. The first-order valence-corrected chi connectivity index (χ1v) is 6.02. The van der Waals surface area contributed by atoms with Crippen molar-refractivity contribution in [3.8, 4) is 0 Å². The largest absolute Gasteiger partial charge is 0.385 e. The lowest BCUT2D eigenvalue weighted by atomic mass is 10.2. The van der Waals surface area contributed by atoms with Crippen molar-refractivity contribution in [1.82, 2.24) is 4.57 Å². The summed E-state index contributed by atoms with van der Waals surface area (Å²) in [6, 6.07) is 10.5. The lowest BCUT2D eigenvalue weighted by Gasteiger charge is -2.06. The van der Waals surface area contributed by atoms with Crippen LogP contribution < -0.4 is 0 Å². The molecule has 0 atom stereocenters. The summed E-state index contributed by atoms with van der Waals surface area (Å²) in [6.07, 6.45) is 3.08. The van der Waals surface area contributed by atoms with Gasteiger partial charge in [0.2, 0.25) is 0 Å².